The van der Waals surface area contributed by atoms with Crippen LogP contribution in [0.1, 0.15) is 50.8 Å². The zero-order valence-electron chi connectivity index (χ0n) is 12.4. The van der Waals surface area contributed by atoms with Gasteiger partial charge >= 0.3 is 0 Å². The molecule has 1 aromatic rings. The molecule has 0 saturated heterocycles. The third kappa shape index (κ3) is 4.03. The van der Waals surface area contributed by atoms with Gasteiger partial charge in [-0.15, -0.1) is 0 Å². The predicted octanol–water partition coefficient (Wildman–Crippen LogP) is 4.57. The molecule has 1 aromatic carbocycles. The van der Waals surface area contributed by atoms with Crippen molar-refractivity contribution >= 4 is 11.8 Å². The number of aryl methyl sites for hydroxylation is 1. The second kappa shape index (κ2) is 7.20. The molecule has 0 aromatic heterocycles. The van der Waals surface area contributed by atoms with Crippen molar-refractivity contribution in [3.8, 4) is 0 Å². The Labute approximate surface area is 117 Å². The lowest BCUT2D eigenvalue weighted by Gasteiger charge is -2.31. The Morgan fingerprint density at radius 1 is 1.28 bits per heavy atom. The summed E-state index contributed by atoms with van der Waals surface area (Å²) in [6.45, 7) is 10.1. The van der Waals surface area contributed by atoms with Crippen LogP contribution in [-0.4, -0.2) is 17.5 Å². The summed E-state index contributed by atoms with van der Waals surface area (Å²) in [4.78, 5) is 0. The van der Waals surface area contributed by atoms with E-state index in [4.69, 9.17) is 0 Å². The number of benzene rings is 1. The molecule has 1 unspecified atom stereocenters. The van der Waals surface area contributed by atoms with Gasteiger partial charge in [-0.1, -0.05) is 43.7 Å². The van der Waals surface area contributed by atoms with Crippen LogP contribution in [-0.2, 0) is 0 Å². The Hall–Kier alpha value is -0.470. The van der Waals surface area contributed by atoms with Gasteiger partial charge < -0.3 is 5.32 Å². The Morgan fingerprint density at radius 3 is 2.44 bits per heavy atom. The van der Waals surface area contributed by atoms with E-state index >= 15 is 0 Å². The van der Waals surface area contributed by atoms with Gasteiger partial charge in [-0.05, 0) is 38.5 Å². The molecule has 0 amide bonds. The first-order valence-electron chi connectivity index (χ1n) is 6.92. The molecule has 1 N–H and O–H groups in total. The minimum absolute atomic E-state index is 0.387. The number of nitrogens with one attached hydrogen (secondary N) is 1. The molecule has 0 heterocycles. The third-order valence-corrected chi connectivity index (χ3v) is 5.58. The van der Waals surface area contributed by atoms with Gasteiger partial charge in [0, 0.05) is 17.3 Å². The first-order chi connectivity index (χ1) is 8.56. The van der Waals surface area contributed by atoms with Crippen molar-refractivity contribution in [1.82, 2.24) is 5.32 Å². The number of hydrogen-bond donors (Lipinski definition) is 1. The Bertz CT molecular complexity index is 350. The lowest BCUT2D eigenvalue weighted by Crippen LogP contribution is -2.37. The monoisotopic (exact) mass is 265 g/mol. The second-order valence-electron chi connectivity index (χ2n) is 5.11. The van der Waals surface area contributed by atoms with Crippen LogP contribution in [0.15, 0.2) is 24.3 Å². The summed E-state index contributed by atoms with van der Waals surface area (Å²) < 4.78 is 0.387. The number of hydrogen-bond acceptors (Lipinski definition) is 2. The molecule has 2 heteroatoms. The molecule has 0 aliphatic heterocycles. The molecule has 0 aliphatic carbocycles. The maximum absolute atomic E-state index is 3.70. The molecule has 1 atom stereocenters. The average Bonchev–Trinajstić information content (AvgIpc) is 2.40. The molecule has 0 fully saturated rings. The lowest BCUT2D eigenvalue weighted by atomic mass is 10.0. The molecular weight excluding hydrogens is 238 g/mol. The zero-order valence-corrected chi connectivity index (χ0v) is 13.2. The van der Waals surface area contributed by atoms with Crippen molar-refractivity contribution < 1.29 is 0 Å². The molecule has 18 heavy (non-hydrogen) atoms. The highest BCUT2D eigenvalue weighted by atomic mass is 32.2. The lowest BCUT2D eigenvalue weighted by molar-refractivity contribution is 0.459. The van der Waals surface area contributed by atoms with E-state index < -0.39 is 0 Å². The van der Waals surface area contributed by atoms with E-state index in [9.17, 15) is 0 Å². The molecule has 0 saturated carbocycles. The normalized spacial score (nSPS) is 13.6. The van der Waals surface area contributed by atoms with Gasteiger partial charge in [0.15, 0.2) is 0 Å². The summed E-state index contributed by atoms with van der Waals surface area (Å²) in [6, 6.07) is 9.21. The first kappa shape index (κ1) is 15.6. The summed E-state index contributed by atoms with van der Waals surface area (Å²) >= 11 is 2.00. The molecule has 0 radical (unpaired) electrons. The van der Waals surface area contributed by atoms with Crippen molar-refractivity contribution in [3.05, 3.63) is 35.4 Å². The number of thioether (sulfide) groups is 1. The van der Waals surface area contributed by atoms with Crippen LogP contribution in [0.3, 0.4) is 0 Å². The fraction of sp³-hybridized carbons (Fsp3) is 0.625. The molecule has 0 bridgehead atoms. The van der Waals surface area contributed by atoms with Crippen molar-refractivity contribution in [1.29, 1.82) is 0 Å². The van der Waals surface area contributed by atoms with E-state index in [1.165, 1.54) is 24.0 Å². The van der Waals surface area contributed by atoms with Crippen LogP contribution >= 0.6 is 11.8 Å². The SMILES string of the molecule is CCC(CC)(CNC(C)c1cccc(C)c1)SC. The largest absolute Gasteiger partial charge is 0.309 e. The van der Waals surface area contributed by atoms with E-state index in [0.29, 0.717) is 10.8 Å². The van der Waals surface area contributed by atoms with Gasteiger partial charge in [0.25, 0.3) is 0 Å². The van der Waals surface area contributed by atoms with E-state index in [2.05, 4.69) is 63.5 Å². The topological polar surface area (TPSA) is 12.0 Å². The van der Waals surface area contributed by atoms with E-state index in [1.54, 1.807) is 0 Å². The molecular formula is C16H27NS. The highest BCUT2D eigenvalue weighted by Crippen LogP contribution is 2.30. The van der Waals surface area contributed by atoms with Crippen LogP contribution in [0.5, 0.6) is 0 Å². The van der Waals surface area contributed by atoms with Crippen LogP contribution in [0, 0.1) is 6.92 Å². The Balaban J connectivity index is 2.62. The van der Waals surface area contributed by atoms with E-state index in [-0.39, 0.29) is 0 Å². The number of rotatable bonds is 7. The smallest absolute Gasteiger partial charge is 0.0292 e. The van der Waals surface area contributed by atoms with Crippen LogP contribution in [0.2, 0.25) is 0 Å². The third-order valence-electron chi connectivity index (χ3n) is 3.99. The van der Waals surface area contributed by atoms with Gasteiger partial charge in [-0.3, -0.25) is 0 Å². The standard InChI is InChI=1S/C16H27NS/c1-6-16(7-2,18-5)12-17-14(4)15-10-8-9-13(3)11-15/h8-11,14,17H,6-7,12H2,1-5H3. The highest BCUT2D eigenvalue weighted by Gasteiger charge is 2.25. The maximum Gasteiger partial charge on any atom is 0.0292 e. The highest BCUT2D eigenvalue weighted by molar-refractivity contribution is 8.00. The quantitative estimate of drug-likeness (QED) is 0.775. The Morgan fingerprint density at radius 2 is 1.94 bits per heavy atom. The fourth-order valence-corrected chi connectivity index (χ4v) is 3.06. The average molecular weight is 265 g/mol. The summed E-state index contributed by atoms with van der Waals surface area (Å²) in [5, 5.41) is 3.70. The van der Waals surface area contributed by atoms with Crippen molar-refractivity contribution in [3.63, 3.8) is 0 Å². The molecule has 1 rings (SSSR count). The van der Waals surface area contributed by atoms with Crippen molar-refractivity contribution in [2.45, 2.75) is 51.3 Å². The summed E-state index contributed by atoms with van der Waals surface area (Å²) in [5.41, 5.74) is 2.72. The summed E-state index contributed by atoms with van der Waals surface area (Å²) in [5.74, 6) is 0. The maximum atomic E-state index is 3.70. The van der Waals surface area contributed by atoms with Crippen LogP contribution in [0.4, 0.5) is 0 Å². The van der Waals surface area contributed by atoms with Gasteiger partial charge in [-0.25, -0.2) is 0 Å². The second-order valence-corrected chi connectivity index (χ2v) is 6.39. The van der Waals surface area contributed by atoms with Gasteiger partial charge in [0.1, 0.15) is 0 Å². The van der Waals surface area contributed by atoms with E-state index in [0.717, 1.165) is 6.54 Å². The molecule has 0 spiro atoms. The predicted molar refractivity (Wildman–Crippen MR) is 84.4 cm³/mol. The van der Waals surface area contributed by atoms with Crippen molar-refractivity contribution in [2.75, 3.05) is 12.8 Å². The molecule has 102 valence electrons. The van der Waals surface area contributed by atoms with Gasteiger partial charge in [0.05, 0.1) is 0 Å². The minimum atomic E-state index is 0.387. The summed E-state index contributed by atoms with van der Waals surface area (Å²) in [7, 11) is 0. The molecule has 1 nitrogen and oxygen atoms in total. The minimum Gasteiger partial charge on any atom is -0.309 e. The zero-order chi connectivity index (χ0) is 13.6. The fourth-order valence-electron chi connectivity index (χ4n) is 2.26. The summed E-state index contributed by atoms with van der Waals surface area (Å²) in [6.07, 6.45) is 4.67. The van der Waals surface area contributed by atoms with E-state index in [1.807, 2.05) is 11.8 Å². The van der Waals surface area contributed by atoms with Crippen LogP contribution < -0.4 is 5.32 Å². The van der Waals surface area contributed by atoms with Gasteiger partial charge in [0.2, 0.25) is 0 Å². The Kier molecular flexibility index (Phi) is 6.24. The van der Waals surface area contributed by atoms with Crippen LogP contribution in [0.25, 0.3) is 0 Å². The first-order valence-corrected chi connectivity index (χ1v) is 8.14. The molecule has 0 aliphatic rings. The van der Waals surface area contributed by atoms with Crippen molar-refractivity contribution in [2.24, 2.45) is 0 Å². The van der Waals surface area contributed by atoms with Gasteiger partial charge in [-0.2, -0.15) is 11.8 Å².